The fourth-order valence-corrected chi connectivity index (χ4v) is 2.25. The second-order valence-corrected chi connectivity index (χ2v) is 6.21. The van der Waals surface area contributed by atoms with Crippen LogP contribution in [0.15, 0.2) is 18.2 Å². The standard InChI is InChI=1S/C16H24ClNO2/c1-5-18(11-16(3,4)20)15(19)9-8-13-7-6-12(2)14(17)10-13/h6-7,10,20H,5,8-9,11H2,1-4H3. The van der Waals surface area contributed by atoms with E-state index in [-0.39, 0.29) is 5.91 Å². The quantitative estimate of drug-likeness (QED) is 0.876. The van der Waals surface area contributed by atoms with Crippen molar-refractivity contribution in [3.05, 3.63) is 34.3 Å². The van der Waals surface area contributed by atoms with Crippen molar-refractivity contribution in [1.82, 2.24) is 4.90 Å². The molecule has 0 aliphatic carbocycles. The van der Waals surface area contributed by atoms with E-state index in [1.54, 1.807) is 18.7 Å². The molecular weight excluding hydrogens is 274 g/mol. The Hall–Kier alpha value is -1.06. The molecule has 112 valence electrons. The minimum Gasteiger partial charge on any atom is -0.389 e. The molecular formula is C16H24ClNO2. The molecule has 0 spiro atoms. The molecule has 0 atom stereocenters. The van der Waals surface area contributed by atoms with Crippen molar-refractivity contribution in [2.75, 3.05) is 13.1 Å². The van der Waals surface area contributed by atoms with E-state index >= 15 is 0 Å². The van der Waals surface area contributed by atoms with Gasteiger partial charge in [-0.15, -0.1) is 0 Å². The van der Waals surface area contributed by atoms with Crippen LogP contribution >= 0.6 is 11.6 Å². The summed E-state index contributed by atoms with van der Waals surface area (Å²) in [6.07, 6.45) is 1.10. The van der Waals surface area contributed by atoms with Crippen molar-refractivity contribution < 1.29 is 9.90 Å². The molecule has 3 nitrogen and oxygen atoms in total. The van der Waals surface area contributed by atoms with Crippen LogP contribution in [0.3, 0.4) is 0 Å². The number of likely N-dealkylation sites (N-methyl/N-ethyl adjacent to an activating group) is 1. The molecule has 0 radical (unpaired) electrons. The van der Waals surface area contributed by atoms with Gasteiger partial charge in [-0.1, -0.05) is 23.7 Å². The predicted octanol–water partition coefficient (Wildman–Crippen LogP) is 3.20. The van der Waals surface area contributed by atoms with Gasteiger partial charge >= 0.3 is 0 Å². The first-order valence-electron chi connectivity index (χ1n) is 6.98. The van der Waals surface area contributed by atoms with E-state index in [0.29, 0.717) is 25.9 Å². The van der Waals surface area contributed by atoms with Crippen LogP contribution in [0.25, 0.3) is 0 Å². The first-order valence-corrected chi connectivity index (χ1v) is 7.36. The van der Waals surface area contributed by atoms with Crippen molar-refractivity contribution >= 4 is 17.5 Å². The number of hydrogen-bond acceptors (Lipinski definition) is 2. The molecule has 0 bridgehead atoms. The van der Waals surface area contributed by atoms with E-state index < -0.39 is 5.60 Å². The average Bonchev–Trinajstić information content (AvgIpc) is 2.36. The van der Waals surface area contributed by atoms with Crippen LogP contribution < -0.4 is 0 Å². The zero-order valence-corrected chi connectivity index (χ0v) is 13.5. The van der Waals surface area contributed by atoms with Gasteiger partial charge in [0.15, 0.2) is 0 Å². The van der Waals surface area contributed by atoms with Crippen LogP contribution in [0.5, 0.6) is 0 Å². The molecule has 0 fully saturated rings. The Morgan fingerprint density at radius 3 is 2.55 bits per heavy atom. The highest BCUT2D eigenvalue weighted by molar-refractivity contribution is 6.31. The number of nitrogens with zero attached hydrogens (tertiary/aromatic N) is 1. The Labute approximate surface area is 126 Å². The van der Waals surface area contributed by atoms with Crippen molar-refractivity contribution in [1.29, 1.82) is 0 Å². The molecule has 0 saturated heterocycles. The zero-order valence-electron chi connectivity index (χ0n) is 12.7. The van der Waals surface area contributed by atoms with Gasteiger partial charge in [-0.3, -0.25) is 4.79 Å². The molecule has 0 aromatic heterocycles. The van der Waals surface area contributed by atoms with E-state index in [0.717, 1.165) is 16.1 Å². The fourth-order valence-electron chi connectivity index (χ4n) is 2.04. The Morgan fingerprint density at radius 1 is 1.40 bits per heavy atom. The summed E-state index contributed by atoms with van der Waals surface area (Å²) >= 11 is 6.08. The van der Waals surface area contributed by atoms with Gasteiger partial charge in [0.2, 0.25) is 5.91 Å². The molecule has 0 aliphatic rings. The van der Waals surface area contributed by atoms with E-state index in [1.807, 2.05) is 32.0 Å². The Kier molecular flexibility index (Phi) is 6.03. The number of aryl methyl sites for hydroxylation is 2. The maximum Gasteiger partial charge on any atom is 0.222 e. The summed E-state index contributed by atoms with van der Waals surface area (Å²) in [5.74, 6) is 0.0614. The van der Waals surface area contributed by atoms with Gasteiger partial charge < -0.3 is 10.0 Å². The largest absolute Gasteiger partial charge is 0.389 e. The molecule has 0 saturated carbocycles. The minimum absolute atomic E-state index is 0.0614. The molecule has 1 aromatic carbocycles. The highest BCUT2D eigenvalue weighted by Gasteiger charge is 2.20. The number of aliphatic hydroxyl groups is 1. The van der Waals surface area contributed by atoms with Crippen molar-refractivity contribution in [2.24, 2.45) is 0 Å². The maximum absolute atomic E-state index is 12.2. The summed E-state index contributed by atoms with van der Waals surface area (Å²) in [4.78, 5) is 13.8. The van der Waals surface area contributed by atoms with Crippen LogP contribution in [-0.2, 0) is 11.2 Å². The lowest BCUT2D eigenvalue weighted by molar-refractivity contribution is -0.133. The molecule has 1 rings (SSSR count). The lowest BCUT2D eigenvalue weighted by atomic mass is 10.1. The lowest BCUT2D eigenvalue weighted by Crippen LogP contribution is -2.42. The number of carbonyl (C=O) groups excluding carboxylic acids is 1. The number of amides is 1. The predicted molar refractivity (Wildman–Crippen MR) is 83.1 cm³/mol. The number of halogens is 1. The maximum atomic E-state index is 12.2. The Bertz CT molecular complexity index is 466. The summed E-state index contributed by atoms with van der Waals surface area (Å²) in [6.45, 7) is 8.27. The first-order chi connectivity index (χ1) is 9.23. The van der Waals surface area contributed by atoms with Crippen LogP contribution in [0.2, 0.25) is 5.02 Å². The van der Waals surface area contributed by atoms with Gasteiger partial charge in [-0.05, 0) is 51.3 Å². The summed E-state index contributed by atoms with van der Waals surface area (Å²) < 4.78 is 0. The summed E-state index contributed by atoms with van der Waals surface area (Å²) in [5, 5.41) is 10.5. The third-order valence-electron chi connectivity index (χ3n) is 3.18. The average molecular weight is 298 g/mol. The van der Waals surface area contributed by atoms with E-state index in [4.69, 9.17) is 11.6 Å². The number of rotatable bonds is 6. The monoisotopic (exact) mass is 297 g/mol. The summed E-state index contributed by atoms with van der Waals surface area (Å²) in [7, 11) is 0. The SMILES string of the molecule is CCN(CC(C)(C)O)C(=O)CCc1ccc(C)c(Cl)c1. The van der Waals surface area contributed by atoms with Crippen LogP contribution in [0.1, 0.15) is 38.3 Å². The highest BCUT2D eigenvalue weighted by atomic mass is 35.5. The van der Waals surface area contributed by atoms with Crippen LogP contribution in [0.4, 0.5) is 0 Å². The Balaban J connectivity index is 2.59. The molecule has 1 amide bonds. The van der Waals surface area contributed by atoms with Gasteiger partial charge in [0.25, 0.3) is 0 Å². The molecule has 0 aliphatic heterocycles. The van der Waals surface area contributed by atoms with Crippen LogP contribution in [0, 0.1) is 6.92 Å². The number of benzene rings is 1. The molecule has 0 unspecified atom stereocenters. The summed E-state index contributed by atoms with van der Waals surface area (Å²) in [5.41, 5.74) is 1.24. The first kappa shape index (κ1) is 17.0. The van der Waals surface area contributed by atoms with Gasteiger partial charge in [0, 0.05) is 24.5 Å². The topological polar surface area (TPSA) is 40.5 Å². The smallest absolute Gasteiger partial charge is 0.222 e. The third-order valence-corrected chi connectivity index (χ3v) is 3.58. The van der Waals surface area contributed by atoms with Crippen LogP contribution in [-0.4, -0.2) is 34.6 Å². The fraction of sp³-hybridized carbons (Fsp3) is 0.562. The van der Waals surface area contributed by atoms with Gasteiger partial charge in [-0.2, -0.15) is 0 Å². The van der Waals surface area contributed by atoms with Crippen molar-refractivity contribution in [3.8, 4) is 0 Å². The normalized spacial score (nSPS) is 11.5. The molecule has 1 aromatic rings. The van der Waals surface area contributed by atoms with E-state index in [1.165, 1.54) is 0 Å². The van der Waals surface area contributed by atoms with Crippen molar-refractivity contribution in [2.45, 2.75) is 46.1 Å². The van der Waals surface area contributed by atoms with E-state index in [2.05, 4.69) is 0 Å². The van der Waals surface area contributed by atoms with Gasteiger partial charge in [0.1, 0.15) is 0 Å². The number of hydrogen-bond donors (Lipinski definition) is 1. The van der Waals surface area contributed by atoms with Gasteiger partial charge in [-0.25, -0.2) is 0 Å². The Morgan fingerprint density at radius 2 is 2.05 bits per heavy atom. The highest BCUT2D eigenvalue weighted by Crippen LogP contribution is 2.18. The van der Waals surface area contributed by atoms with Gasteiger partial charge in [0.05, 0.1) is 5.60 Å². The second-order valence-electron chi connectivity index (χ2n) is 5.80. The van der Waals surface area contributed by atoms with E-state index in [9.17, 15) is 9.90 Å². The third kappa shape index (κ3) is 5.51. The molecule has 1 N–H and O–H groups in total. The molecule has 20 heavy (non-hydrogen) atoms. The lowest BCUT2D eigenvalue weighted by Gasteiger charge is -2.28. The zero-order chi connectivity index (χ0) is 15.3. The minimum atomic E-state index is -0.862. The summed E-state index contributed by atoms with van der Waals surface area (Å²) in [6, 6.07) is 5.88. The molecule has 4 heteroatoms. The number of carbonyl (C=O) groups is 1. The van der Waals surface area contributed by atoms with Crippen molar-refractivity contribution in [3.63, 3.8) is 0 Å². The second kappa shape index (κ2) is 7.09. The molecule has 0 heterocycles.